The quantitative estimate of drug-likeness (QED) is 0.0604. The lowest BCUT2D eigenvalue weighted by Crippen LogP contribution is -2.21. The van der Waals surface area contributed by atoms with Crippen molar-refractivity contribution in [2.75, 3.05) is 0 Å². The van der Waals surface area contributed by atoms with Gasteiger partial charge in [0.15, 0.2) is 28.8 Å². The van der Waals surface area contributed by atoms with E-state index in [0.29, 0.717) is 45.3 Å². The molecule has 9 heteroatoms. The fraction of sp³-hybridized carbons (Fsp3) is 0.302. The molecule has 6 rings (SSSR count). The third kappa shape index (κ3) is 12.1. The first-order valence-corrected chi connectivity index (χ1v) is 20.8. The molecule has 0 fully saturated rings. The van der Waals surface area contributed by atoms with E-state index in [1.54, 1.807) is 0 Å². The highest BCUT2D eigenvalue weighted by Gasteiger charge is 2.25. The van der Waals surface area contributed by atoms with Crippen molar-refractivity contribution in [3.05, 3.63) is 145 Å². The second-order valence-corrected chi connectivity index (χ2v) is 19.0. The SMILES string of the molecule is CC(C)(C)OOc1ccccc1-c1ccc(C(=O)c2ccc(-c3ccccc3OOC(C)(C)C)c(-c3ccccc3OOC(C)(C)C)c2)cc1-c1ccccc1OOC(C)(C)C. The van der Waals surface area contributed by atoms with Crippen molar-refractivity contribution < 1.29 is 43.9 Å². The molecule has 0 unspecified atom stereocenters. The third-order valence-electron chi connectivity index (χ3n) is 8.80. The van der Waals surface area contributed by atoms with Gasteiger partial charge in [0.2, 0.25) is 0 Å². The van der Waals surface area contributed by atoms with Crippen molar-refractivity contribution in [2.24, 2.45) is 0 Å². The van der Waals surface area contributed by atoms with Crippen molar-refractivity contribution in [1.29, 1.82) is 0 Å². The van der Waals surface area contributed by atoms with Crippen LogP contribution in [-0.2, 0) is 19.6 Å². The highest BCUT2D eigenvalue weighted by Crippen LogP contribution is 2.44. The van der Waals surface area contributed by atoms with E-state index in [1.165, 1.54) is 0 Å². The number of carbonyl (C=O) groups is 1. The highest BCUT2D eigenvalue weighted by molar-refractivity contribution is 6.11. The number of ketones is 1. The highest BCUT2D eigenvalue weighted by atomic mass is 17.2. The molecule has 0 N–H and O–H groups in total. The molecule has 6 aromatic rings. The van der Waals surface area contributed by atoms with Crippen molar-refractivity contribution in [1.82, 2.24) is 0 Å². The van der Waals surface area contributed by atoms with Gasteiger partial charge in [-0.3, -0.25) is 4.79 Å². The summed E-state index contributed by atoms with van der Waals surface area (Å²) >= 11 is 0. The fourth-order valence-corrected chi connectivity index (χ4v) is 6.18. The molecule has 0 heterocycles. The summed E-state index contributed by atoms with van der Waals surface area (Å²) in [7, 11) is 0. The van der Waals surface area contributed by atoms with Gasteiger partial charge in [0.05, 0.1) is 0 Å². The predicted molar refractivity (Wildman–Crippen MR) is 244 cm³/mol. The summed E-state index contributed by atoms with van der Waals surface area (Å²) in [6.45, 7) is 23.0. The molecule has 0 aliphatic rings. The minimum atomic E-state index is -0.586. The van der Waals surface area contributed by atoms with Crippen LogP contribution < -0.4 is 19.6 Å². The lowest BCUT2D eigenvalue weighted by Gasteiger charge is -2.22. The van der Waals surface area contributed by atoms with E-state index in [-0.39, 0.29) is 5.78 Å². The van der Waals surface area contributed by atoms with Gasteiger partial charge in [-0.1, -0.05) is 97.1 Å². The van der Waals surface area contributed by atoms with E-state index >= 15 is 0 Å². The number of rotatable bonds is 14. The average molecular weight is 839 g/mol. The summed E-state index contributed by atoms with van der Waals surface area (Å²) < 4.78 is 0. The van der Waals surface area contributed by atoms with E-state index in [1.807, 2.05) is 217 Å². The fourth-order valence-electron chi connectivity index (χ4n) is 6.18. The molecule has 0 atom stereocenters. The monoisotopic (exact) mass is 838 g/mol. The zero-order valence-corrected chi connectivity index (χ0v) is 37.9. The van der Waals surface area contributed by atoms with Gasteiger partial charge in [0.1, 0.15) is 22.4 Å². The van der Waals surface area contributed by atoms with Crippen LogP contribution in [0.5, 0.6) is 23.0 Å². The first-order valence-electron chi connectivity index (χ1n) is 20.8. The number of hydrogen-bond acceptors (Lipinski definition) is 9. The molecule has 9 nitrogen and oxygen atoms in total. The van der Waals surface area contributed by atoms with Crippen LogP contribution in [0.3, 0.4) is 0 Å². The molecule has 62 heavy (non-hydrogen) atoms. The number of hydrogen-bond donors (Lipinski definition) is 0. The Hall–Kier alpha value is -5.97. The van der Waals surface area contributed by atoms with Gasteiger partial charge in [-0.05, 0) is 142 Å². The van der Waals surface area contributed by atoms with Crippen molar-refractivity contribution in [3.8, 4) is 67.5 Å². The largest absolute Gasteiger partial charge is 0.336 e. The van der Waals surface area contributed by atoms with E-state index in [9.17, 15) is 4.79 Å². The van der Waals surface area contributed by atoms with Crippen molar-refractivity contribution >= 4 is 5.78 Å². The van der Waals surface area contributed by atoms with E-state index in [2.05, 4.69) is 0 Å². The molecule has 0 aliphatic heterocycles. The van der Waals surface area contributed by atoms with Crippen LogP contribution in [0.15, 0.2) is 133 Å². The molecule has 6 aromatic carbocycles. The minimum absolute atomic E-state index is 0.208. The Kier molecular flexibility index (Phi) is 13.6. The number of benzene rings is 6. The Bertz CT molecular complexity index is 2320. The summed E-state index contributed by atoms with van der Waals surface area (Å²) in [5, 5.41) is 0. The first-order chi connectivity index (χ1) is 29.2. The molecule has 0 saturated carbocycles. The van der Waals surface area contributed by atoms with Gasteiger partial charge < -0.3 is 19.6 Å². The maximum atomic E-state index is 15.0. The molecule has 324 valence electrons. The number of para-hydroxylation sites is 4. The second-order valence-electron chi connectivity index (χ2n) is 19.0. The van der Waals surface area contributed by atoms with Crippen molar-refractivity contribution in [2.45, 2.75) is 105 Å². The summed E-state index contributed by atoms with van der Waals surface area (Å²) in [5.41, 5.74) is 4.55. The minimum Gasteiger partial charge on any atom is -0.336 e. The topological polar surface area (TPSA) is 90.9 Å². The molecule has 0 aromatic heterocycles. The summed E-state index contributed by atoms with van der Waals surface area (Å²) in [6.07, 6.45) is 0. The third-order valence-corrected chi connectivity index (χ3v) is 8.80. The van der Waals surface area contributed by atoms with Crippen LogP contribution in [0, 0.1) is 0 Å². The molecule has 0 bridgehead atoms. The first kappa shape index (κ1) is 45.6. The Morgan fingerprint density at radius 3 is 0.806 bits per heavy atom. The summed E-state index contributed by atoms with van der Waals surface area (Å²) in [4.78, 5) is 62.0. The van der Waals surface area contributed by atoms with E-state index in [4.69, 9.17) is 39.1 Å². The second kappa shape index (κ2) is 18.6. The van der Waals surface area contributed by atoms with Gasteiger partial charge in [-0.2, -0.15) is 19.6 Å². The van der Waals surface area contributed by atoms with Crippen molar-refractivity contribution in [3.63, 3.8) is 0 Å². The standard InChI is InChI=1S/C53H58O9/c1-50(2,3)59-55-45-25-17-13-21-39(45)37-31-29-35(33-43(37)41-23-15-19-27-47(41)57-61-52(7,8)9)49(54)36-30-32-38(40-22-14-18-26-46(40)56-60-51(4,5)6)44(34-36)42-24-16-20-28-48(42)58-62-53(10,11)12/h13-34H,1-12H3. The van der Waals surface area contributed by atoms with Gasteiger partial charge >= 0.3 is 0 Å². The lowest BCUT2D eigenvalue weighted by atomic mass is 9.88. The van der Waals surface area contributed by atoms with Crippen LogP contribution in [0.4, 0.5) is 0 Å². The van der Waals surface area contributed by atoms with Crippen LogP contribution in [-0.4, -0.2) is 28.2 Å². The van der Waals surface area contributed by atoms with E-state index in [0.717, 1.165) is 33.4 Å². The van der Waals surface area contributed by atoms with Gasteiger partial charge in [-0.25, -0.2) is 0 Å². The smallest absolute Gasteiger partial charge is 0.193 e. The Balaban J connectivity index is 1.53. The molecule has 0 amide bonds. The zero-order valence-electron chi connectivity index (χ0n) is 37.9. The Labute approximate surface area is 366 Å². The van der Waals surface area contributed by atoms with Gasteiger partial charge in [0.25, 0.3) is 0 Å². The molecular formula is C53H58O9. The molecule has 0 saturated heterocycles. The van der Waals surface area contributed by atoms with Crippen LogP contribution in [0.2, 0.25) is 0 Å². The Morgan fingerprint density at radius 2 is 0.548 bits per heavy atom. The van der Waals surface area contributed by atoms with Crippen LogP contribution in [0.1, 0.15) is 99.0 Å². The normalized spacial score (nSPS) is 12.2. The molecule has 0 aliphatic carbocycles. The predicted octanol–water partition coefficient (Wildman–Crippen LogP) is 14.0. The molecule has 0 radical (unpaired) electrons. The van der Waals surface area contributed by atoms with Gasteiger partial charge in [0, 0.05) is 33.4 Å². The molecule has 0 spiro atoms. The zero-order chi connectivity index (χ0) is 44.9. The Morgan fingerprint density at radius 1 is 0.306 bits per heavy atom. The van der Waals surface area contributed by atoms with Crippen LogP contribution in [0.25, 0.3) is 44.5 Å². The summed E-state index contributed by atoms with van der Waals surface area (Å²) in [5.74, 6) is 1.78. The maximum absolute atomic E-state index is 15.0. The molecular weight excluding hydrogens is 781 g/mol. The summed E-state index contributed by atoms with van der Waals surface area (Å²) in [6, 6.07) is 41.7. The van der Waals surface area contributed by atoms with E-state index < -0.39 is 22.4 Å². The number of carbonyl (C=O) groups excluding carboxylic acids is 1. The van der Waals surface area contributed by atoms with Gasteiger partial charge in [-0.15, -0.1) is 0 Å². The average Bonchev–Trinajstić information content (AvgIpc) is 3.22. The lowest BCUT2D eigenvalue weighted by molar-refractivity contribution is -0.274. The van der Waals surface area contributed by atoms with Crippen LogP contribution >= 0.6 is 0 Å². The maximum Gasteiger partial charge on any atom is 0.193 e.